The van der Waals surface area contributed by atoms with E-state index in [-0.39, 0.29) is 0 Å². The molecule has 33 heavy (non-hydrogen) atoms. The van der Waals surface area contributed by atoms with Gasteiger partial charge < -0.3 is 10.1 Å². The van der Waals surface area contributed by atoms with Crippen molar-refractivity contribution in [2.24, 2.45) is 5.10 Å². The SMILES string of the molecule is O=C(CC(=O)Nc1ccc(Cl)c(Cl)c1)NN=Cc1ccc(OCc2ccccc2Cl)c(Br)c1. The number of benzene rings is 3. The Morgan fingerprint density at radius 1 is 0.939 bits per heavy atom. The van der Waals surface area contributed by atoms with Gasteiger partial charge in [-0.25, -0.2) is 5.43 Å². The summed E-state index contributed by atoms with van der Waals surface area (Å²) in [7, 11) is 0. The first-order valence-corrected chi connectivity index (χ1v) is 11.5. The van der Waals surface area contributed by atoms with Crippen LogP contribution in [-0.2, 0) is 16.2 Å². The van der Waals surface area contributed by atoms with Crippen molar-refractivity contribution in [2.45, 2.75) is 13.0 Å². The van der Waals surface area contributed by atoms with Crippen molar-refractivity contribution in [1.29, 1.82) is 0 Å². The van der Waals surface area contributed by atoms with Crippen LogP contribution in [0.5, 0.6) is 5.75 Å². The van der Waals surface area contributed by atoms with E-state index in [1.807, 2.05) is 18.2 Å². The lowest BCUT2D eigenvalue weighted by atomic mass is 10.2. The zero-order valence-corrected chi connectivity index (χ0v) is 20.8. The molecule has 0 aliphatic rings. The first-order valence-electron chi connectivity index (χ1n) is 9.54. The van der Waals surface area contributed by atoms with Crippen molar-refractivity contribution in [3.05, 3.63) is 91.3 Å². The van der Waals surface area contributed by atoms with Gasteiger partial charge in [0.1, 0.15) is 18.8 Å². The molecule has 0 saturated carbocycles. The van der Waals surface area contributed by atoms with Gasteiger partial charge in [0.25, 0.3) is 0 Å². The van der Waals surface area contributed by atoms with E-state index in [1.165, 1.54) is 12.3 Å². The molecule has 0 aromatic heterocycles. The van der Waals surface area contributed by atoms with Crippen LogP contribution < -0.4 is 15.5 Å². The molecular formula is C23H17BrCl3N3O3. The van der Waals surface area contributed by atoms with Crippen molar-refractivity contribution in [2.75, 3.05) is 5.32 Å². The molecule has 0 heterocycles. The average molecular weight is 570 g/mol. The quantitative estimate of drug-likeness (QED) is 0.186. The minimum Gasteiger partial charge on any atom is -0.488 e. The molecule has 0 bridgehead atoms. The number of rotatable bonds is 8. The first kappa shape index (κ1) is 25.1. The zero-order valence-electron chi connectivity index (χ0n) is 16.9. The third-order valence-corrected chi connectivity index (χ3v) is 5.95. The number of ether oxygens (including phenoxy) is 1. The summed E-state index contributed by atoms with van der Waals surface area (Å²) in [5.74, 6) is -0.443. The largest absolute Gasteiger partial charge is 0.488 e. The highest BCUT2D eigenvalue weighted by atomic mass is 79.9. The van der Waals surface area contributed by atoms with Gasteiger partial charge in [-0.15, -0.1) is 0 Å². The summed E-state index contributed by atoms with van der Waals surface area (Å²) in [5.41, 5.74) is 4.35. The number of hydrazone groups is 1. The van der Waals surface area contributed by atoms with Gasteiger partial charge in [-0.2, -0.15) is 5.10 Å². The van der Waals surface area contributed by atoms with Gasteiger partial charge in [0.05, 0.1) is 20.7 Å². The van der Waals surface area contributed by atoms with Gasteiger partial charge in [-0.05, 0) is 64.0 Å². The van der Waals surface area contributed by atoms with E-state index in [4.69, 9.17) is 39.5 Å². The van der Waals surface area contributed by atoms with E-state index in [1.54, 1.807) is 36.4 Å². The summed E-state index contributed by atoms with van der Waals surface area (Å²) in [6.07, 6.45) is 1.05. The number of anilines is 1. The Balaban J connectivity index is 1.48. The van der Waals surface area contributed by atoms with Crippen LogP contribution in [-0.4, -0.2) is 18.0 Å². The Morgan fingerprint density at radius 2 is 1.73 bits per heavy atom. The Labute approximate surface area is 214 Å². The van der Waals surface area contributed by atoms with Crippen molar-refractivity contribution in [3.8, 4) is 5.75 Å². The Morgan fingerprint density at radius 3 is 2.45 bits per heavy atom. The van der Waals surface area contributed by atoms with Crippen molar-refractivity contribution in [1.82, 2.24) is 5.43 Å². The Bertz CT molecular complexity index is 1200. The molecule has 0 aliphatic carbocycles. The number of halogens is 4. The highest BCUT2D eigenvalue weighted by molar-refractivity contribution is 9.10. The standard InChI is InChI=1S/C23H17BrCl3N3O3/c24-17-9-14(5-8-21(17)33-13-15-3-1-2-4-18(15)25)12-28-30-23(32)11-22(31)29-16-6-7-19(26)20(27)10-16/h1-10,12H,11,13H2,(H,29,31)(H,30,32). The fourth-order valence-electron chi connectivity index (χ4n) is 2.63. The van der Waals surface area contributed by atoms with E-state index in [9.17, 15) is 9.59 Å². The molecular weight excluding hydrogens is 553 g/mol. The fraction of sp³-hybridized carbons (Fsp3) is 0.0870. The number of amides is 2. The molecule has 0 atom stereocenters. The zero-order chi connectivity index (χ0) is 23.8. The average Bonchev–Trinajstić information content (AvgIpc) is 2.76. The molecule has 2 N–H and O–H groups in total. The molecule has 3 aromatic carbocycles. The molecule has 0 radical (unpaired) electrons. The van der Waals surface area contributed by atoms with E-state index in [0.29, 0.717) is 43.1 Å². The molecule has 0 unspecified atom stereocenters. The second-order valence-corrected chi connectivity index (χ2v) is 8.79. The van der Waals surface area contributed by atoms with Crippen LogP contribution >= 0.6 is 50.7 Å². The Kier molecular flexibility index (Phi) is 9.14. The summed E-state index contributed by atoms with van der Waals surface area (Å²) in [5, 5.41) is 7.76. The molecule has 0 saturated heterocycles. The predicted octanol–water partition coefficient (Wildman–Crippen LogP) is 6.47. The molecule has 2 amide bonds. The van der Waals surface area contributed by atoms with Crippen LogP contribution in [0.1, 0.15) is 17.5 Å². The van der Waals surface area contributed by atoms with Gasteiger partial charge in [0, 0.05) is 16.3 Å². The van der Waals surface area contributed by atoms with Crippen molar-refractivity contribution in [3.63, 3.8) is 0 Å². The summed E-state index contributed by atoms with van der Waals surface area (Å²) in [6.45, 7) is 0.325. The lowest BCUT2D eigenvalue weighted by molar-refractivity contribution is -0.126. The number of nitrogens with zero attached hydrogens (tertiary/aromatic N) is 1. The second-order valence-electron chi connectivity index (χ2n) is 6.72. The maximum absolute atomic E-state index is 12.0. The van der Waals surface area contributed by atoms with Crippen LogP contribution in [0.25, 0.3) is 0 Å². The van der Waals surface area contributed by atoms with Crippen LogP contribution in [0.2, 0.25) is 15.1 Å². The second kappa shape index (κ2) is 12.0. The van der Waals surface area contributed by atoms with Crippen LogP contribution in [0.15, 0.2) is 70.2 Å². The third-order valence-electron chi connectivity index (χ3n) is 4.22. The summed E-state index contributed by atoms with van der Waals surface area (Å²) < 4.78 is 6.52. The predicted molar refractivity (Wildman–Crippen MR) is 135 cm³/mol. The molecule has 3 aromatic rings. The number of carbonyl (C=O) groups is 2. The molecule has 0 aliphatic heterocycles. The van der Waals surface area contributed by atoms with Crippen LogP contribution in [0.4, 0.5) is 5.69 Å². The lowest BCUT2D eigenvalue weighted by Crippen LogP contribution is -2.24. The van der Waals surface area contributed by atoms with E-state index in [2.05, 4.69) is 31.8 Å². The molecule has 170 valence electrons. The third kappa shape index (κ3) is 7.75. The maximum Gasteiger partial charge on any atom is 0.249 e. The van der Waals surface area contributed by atoms with Gasteiger partial charge in [-0.3, -0.25) is 9.59 Å². The number of carbonyl (C=O) groups excluding carboxylic acids is 2. The van der Waals surface area contributed by atoms with Crippen molar-refractivity contribution >= 4 is 74.4 Å². The molecule has 6 nitrogen and oxygen atoms in total. The van der Waals surface area contributed by atoms with Gasteiger partial charge in [0.15, 0.2) is 0 Å². The minimum absolute atomic E-state index is 0.301. The molecule has 3 rings (SSSR count). The highest BCUT2D eigenvalue weighted by Crippen LogP contribution is 2.27. The minimum atomic E-state index is -0.567. The van der Waals surface area contributed by atoms with Crippen LogP contribution in [0, 0.1) is 0 Å². The summed E-state index contributed by atoms with van der Waals surface area (Å²) in [4.78, 5) is 23.9. The van der Waals surface area contributed by atoms with E-state index < -0.39 is 18.2 Å². The maximum atomic E-state index is 12.0. The van der Waals surface area contributed by atoms with E-state index in [0.717, 1.165) is 5.56 Å². The number of nitrogens with one attached hydrogen (secondary N) is 2. The van der Waals surface area contributed by atoms with Crippen LogP contribution in [0.3, 0.4) is 0 Å². The molecule has 10 heteroatoms. The summed E-state index contributed by atoms with van der Waals surface area (Å²) in [6, 6.07) is 17.4. The van der Waals surface area contributed by atoms with E-state index >= 15 is 0 Å². The van der Waals surface area contributed by atoms with Crippen molar-refractivity contribution < 1.29 is 14.3 Å². The van der Waals surface area contributed by atoms with Gasteiger partial charge >= 0.3 is 0 Å². The lowest BCUT2D eigenvalue weighted by Gasteiger charge is -2.10. The van der Waals surface area contributed by atoms with Gasteiger partial charge in [0.2, 0.25) is 11.8 Å². The van der Waals surface area contributed by atoms with Gasteiger partial charge in [-0.1, -0.05) is 53.0 Å². The fourth-order valence-corrected chi connectivity index (χ4v) is 3.63. The topological polar surface area (TPSA) is 79.8 Å². The normalized spacial score (nSPS) is 10.8. The number of hydrogen-bond acceptors (Lipinski definition) is 4. The Hall–Kier alpha value is -2.58. The smallest absolute Gasteiger partial charge is 0.249 e. The highest BCUT2D eigenvalue weighted by Gasteiger charge is 2.10. The summed E-state index contributed by atoms with van der Waals surface area (Å²) >= 11 is 21.3. The monoisotopic (exact) mass is 567 g/mol. The molecule has 0 spiro atoms. The molecule has 0 fully saturated rings. The number of hydrogen-bond donors (Lipinski definition) is 2. The first-order chi connectivity index (χ1) is 15.8.